The van der Waals surface area contributed by atoms with E-state index in [2.05, 4.69) is 10.0 Å². The molecule has 2 rings (SSSR count). The number of rotatable bonds is 3. The Kier molecular flexibility index (Phi) is 2.72. The largest absolute Gasteiger partial charge is 0.317 e. The molecular weight excluding hydrogens is 156 g/mol. The van der Waals surface area contributed by atoms with Crippen molar-refractivity contribution in [3.05, 3.63) is 0 Å². The molecule has 2 fully saturated rings. The van der Waals surface area contributed by atoms with Crippen LogP contribution in [0.3, 0.4) is 0 Å². The lowest BCUT2D eigenvalue weighted by Crippen LogP contribution is -2.30. The minimum Gasteiger partial charge on any atom is -0.317 e. The van der Waals surface area contributed by atoms with Crippen LogP contribution in [0, 0.1) is 0 Å². The molecule has 0 bridgehead atoms. The highest BCUT2D eigenvalue weighted by atomic mass is 32.2. The molecule has 1 heterocycles. The predicted octanol–water partition coefficient (Wildman–Crippen LogP) is 1.14. The zero-order valence-electron chi connectivity index (χ0n) is 6.81. The van der Waals surface area contributed by atoms with Crippen molar-refractivity contribution in [3.8, 4) is 0 Å². The van der Waals surface area contributed by atoms with Gasteiger partial charge in [0.2, 0.25) is 0 Å². The topological polar surface area (TPSA) is 24.1 Å². The van der Waals surface area contributed by atoms with Crippen LogP contribution in [-0.4, -0.2) is 24.4 Å². The molecule has 0 aromatic carbocycles. The van der Waals surface area contributed by atoms with Gasteiger partial charge in [-0.3, -0.25) is 4.72 Å². The Morgan fingerprint density at radius 2 is 1.82 bits per heavy atom. The van der Waals surface area contributed by atoms with E-state index in [1.54, 1.807) is 0 Å². The minimum atomic E-state index is 0.856. The fraction of sp³-hybridized carbons (Fsp3) is 1.00. The number of nitrogens with one attached hydrogen (secondary N) is 2. The van der Waals surface area contributed by atoms with Gasteiger partial charge in [0.05, 0.1) is 0 Å². The Balaban J connectivity index is 1.59. The fourth-order valence-electron chi connectivity index (χ4n) is 1.31. The smallest absolute Gasteiger partial charge is 0.0217 e. The molecule has 1 saturated carbocycles. The van der Waals surface area contributed by atoms with Gasteiger partial charge < -0.3 is 5.32 Å². The second-order valence-corrected chi connectivity index (χ2v) is 4.60. The molecule has 2 nitrogen and oxygen atoms in total. The lowest BCUT2D eigenvalue weighted by molar-refractivity contribution is 0.530. The highest BCUT2D eigenvalue weighted by Crippen LogP contribution is 2.25. The lowest BCUT2D eigenvalue weighted by Gasteiger charge is -2.21. The molecule has 2 aliphatic rings. The number of piperidine rings is 1. The monoisotopic (exact) mass is 172 g/mol. The minimum absolute atomic E-state index is 0.856. The third-order valence-corrected chi connectivity index (χ3v) is 3.54. The van der Waals surface area contributed by atoms with Crippen molar-refractivity contribution < 1.29 is 0 Å². The SMILES string of the molecule is C1CC(SNC2CC2)CCN1. The molecule has 2 N–H and O–H groups in total. The summed E-state index contributed by atoms with van der Waals surface area (Å²) in [4.78, 5) is 0. The van der Waals surface area contributed by atoms with Gasteiger partial charge in [-0.15, -0.1) is 0 Å². The van der Waals surface area contributed by atoms with Crippen LogP contribution in [0.5, 0.6) is 0 Å². The van der Waals surface area contributed by atoms with Crippen molar-refractivity contribution in [1.82, 2.24) is 10.0 Å². The number of hydrogen-bond acceptors (Lipinski definition) is 3. The van der Waals surface area contributed by atoms with E-state index in [1.165, 1.54) is 38.8 Å². The van der Waals surface area contributed by atoms with E-state index >= 15 is 0 Å². The Morgan fingerprint density at radius 3 is 2.45 bits per heavy atom. The van der Waals surface area contributed by atoms with Crippen LogP contribution in [0.4, 0.5) is 0 Å². The van der Waals surface area contributed by atoms with Crippen LogP contribution in [0.25, 0.3) is 0 Å². The van der Waals surface area contributed by atoms with Gasteiger partial charge >= 0.3 is 0 Å². The van der Waals surface area contributed by atoms with Crippen molar-refractivity contribution in [2.24, 2.45) is 0 Å². The summed E-state index contributed by atoms with van der Waals surface area (Å²) in [7, 11) is 0. The highest BCUT2D eigenvalue weighted by molar-refractivity contribution is 7.98. The second-order valence-electron chi connectivity index (χ2n) is 3.46. The Morgan fingerprint density at radius 1 is 1.09 bits per heavy atom. The highest BCUT2D eigenvalue weighted by Gasteiger charge is 2.23. The first-order chi connectivity index (χ1) is 5.45. The fourth-order valence-corrected chi connectivity index (χ4v) is 2.40. The summed E-state index contributed by atoms with van der Waals surface area (Å²) in [5.74, 6) is 0. The lowest BCUT2D eigenvalue weighted by atomic mass is 10.2. The molecule has 0 spiro atoms. The van der Waals surface area contributed by atoms with E-state index in [9.17, 15) is 0 Å². The van der Waals surface area contributed by atoms with Gasteiger partial charge in [0.15, 0.2) is 0 Å². The molecular formula is C8H16N2S. The van der Waals surface area contributed by atoms with Crippen molar-refractivity contribution in [1.29, 1.82) is 0 Å². The summed E-state index contributed by atoms with van der Waals surface area (Å²) in [6.07, 6.45) is 5.48. The molecule has 1 aliphatic carbocycles. The quantitative estimate of drug-likeness (QED) is 0.624. The summed E-state index contributed by atoms with van der Waals surface area (Å²) in [6, 6.07) is 0.856. The van der Waals surface area contributed by atoms with Crippen LogP contribution in [-0.2, 0) is 0 Å². The van der Waals surface area contributed by atoms with Gasteiger partial charge in [0, 0.05) is 11.3 Å². The van der Waals surface area contributed by atoms with Crippen LogP contribution < -0.4 is 10.0 Å². The Bertz CT molecular complexity index is 119. The van der Waals surface area contributed by atoms with Crippen LogP contribution in [0.2, 0.25) is 0 Å². The van der Waals surface area contributed by atoms with E-state index in [0.717, 1.165) is 11.3 Å². The molecule has 1 saturated heterocycles. The van der Waals surface area contributed by atoms with Crippen molar-refractivity contribution in [2.75, 3.05) is 13.1 Å². The predicted molar refractivity (Wildman–Crippen MR) is 49.6 cm³/mol. The summed E-state index contributed by atoms with van der Waals surface area (Å²) >= 11 is 1.98. The van der Waals surface area contributed by atoms with Gasteiger partial charge in [0.25, 0.3) is 0 Å². The van der Waals surface area contributed by atoms with Crippen molar-refractivity contribution in [2.45, 2.75) is 37.0 Å². The van der Waals surface area contributed by atoms with Gasteiger partial charge in [-0.2, -0.15) is 0 Å². The Hall–Kier alpha value is 0.270. The molecule has 0 unspecified atom stereocenters. The van der Waals surface area contributed by atoms with E-state index in [-0.39, 0.29) is 0 Å². The maximum absolute atomic E-state index is 3.52. The summed E-state index contributed by atoms with van der Waals surface area (Å²) in [6.45, 7) is 2.42. The first kappa shape index (κ1) is 7.90. The number of hydrogen-bond donors (Lipinski definition) is 2. The molecule has 0 radical (unpaired) electrons. The third-order valence-electron chi connectivity index (χ3n) is 2.26. The first-order valence-corrected chi connectivity index (χ1v) is 5.45. The van der Waals surface area contributed by atoms with E-state index in [0.29, 0.717) is 0 Å². The average molecular weight is 172 g/mol. The Labute approximate surface area is 72.6 Å². The maximum atomic E-state index is 3.52. The van der Waals surface area contributed by atoms with Gasteiger partial charge in [0.1, 0.15) is 0 Å². The van der Waals surface area contributed by atoms with E-state index < -0.39 is 0 Å². The maximum Gasteiger partial charge on any atom is 0.0217 e. The zero-order valence-corrected chi connectivity index (χ0v) is 7.62. The third kappa shape index (κ3) is 2.65. The molecule has 11 heavy (non-hydrogen) atoms. The van der Waals surface area contributed by atoms with Crippen LogP contribution >= 0.6 is 11.9 Å². The van der Waals surface area contributed by atoms with Crippen LogP contribution in [0.15, 0.2) is 0 Å². The molecule has 3 heteroatoms. The average Bonchev–Trinajstić information content (AvgIpc) is 2.86. The molecule has 0 amide bonds. The summed E-state index contributed by atoms with van der Waals surface area (Å²) in [5, 5.41) is 4.25. The summed E-state index contributed by atoms with van der Waals surface area (Å²) in [5.41, 5.74) is 0. The standard InChI is InChI=1S/C8H16N2S/c1-2-7(1)10-11-8-3-5-9-6-4-8/h7-10H,1-6H2. The molecule has 1 aliphatic heterocycles. The van der Waals surface area contributed by atoms with Crippen molar-refractivity contribution in [3.63, 3.8) is 0 Å². The zero-order chi connectivity index (χ0) is 7.52. The second kappa shape index (κ2) is 3.78. The first-order valence-electron chi connectivity index (χ1n) is 4.57. The van der Waals surface area contributed by atoms with E-state index in [1.807, 2.05) is 11.9 Å². The normalized spacial score (nSPS) is 27.3. The van der Waals surface area contributed by atoms with Crippen LogP contribution in [0.1, 0.15) is 25.7 Å². The van der Waals surface area contributed by atoms with Crippen molar-refractivity contribution >= 4 is 11.9 Å². The van der Waals surface area contributed by atoms with Gasteiger partial charge in [-0.25, -0.2) is 0 Å². The van der Waals surface area contributed by atoms with E-state index in [4.69, 9.17) is 0 Å². The molecule has 0 aromatic rings. The molecule has 0 atom stereocenters. The summed E-state index contributed by atoms with van der Waals surface area (Å²) < 4.78 is 3.52. The van der Waals surface area contributed by atoms with Gasteiger partial charge in [-0.1, -0.05) is 11.9 Å². The molecule has 64 valence electrons. The van der Waals surface area contributed by atoms with Gasteiger partial charge in [-0.05, 0) is 38.8 Å². The molecule has 0 aromatic heterocycles.